The van der Waals surface area contributed by atoms with Gasteiger partial charge in [0.25, 0.3) is 5.91 Å². The van der Waals surface area contributed by atoms with Gasteiger partial charge in [0.05, 0.1) is 17.9 Å². The van der Waals surface area contributed by atoms with Crippen LogP contribution in [0.1, 0.15) is 50.6 Å². The molecular weight excluding hydrogens is 378 g/mol. The maximum Gasteiger partial charge on any atom is 0.341 e. The summed E-state index contributed by atoms with van der Waals surface area (Å²) in [6.07, 6.45) is 2.18. The molecule has 9 heteroatoms. The van der Waals surface area contributed by atoms with Gasteiger partial charge in [-0.1, -0.05) is 6.92 Å². The van der Waals surface area contributed by atoms with Crippen LogP contribution in [0.5, 0.6) is 0 Å². The summed E-state index contributed by atoms with van der Waals surface area (Å²) in [5.41, 5.74) is 3.47. The zero-order valence-electron chi connectivity index (χ0n) is 16.1. The predicted molar refractivity (Wildman–Crippen MR) is 106 cm³/mol. The number of aromatic nitrogens is 4. The number of ether oxygens (including phenoxy) is 1. The molecule has 0 spiro atoms. The normalized spacial score (nSPS) is 10.7. The molecule has 3 rings (SSSR count). The minimum absolute atomic E-state index is 0.280. The van der Waals surface area contributed by atoms with Crippen LogP contribution >= 0.6 is 11.3 Å². The smallest absolute Gasteiger partial charge is 0.341 e. The molecule has 0 aliphatic rings. The lowest BCUT2D eigenvalue weighted by Crippen LogP contribution is -2.15. The van der Waals surface area contributed by atoms with Gasteiger partial charge in [0.2, 0.25) is 0 Å². The van der Waals surface area contributed by atoms with E-state index in [1.54, 1.807) is 25.1 Å². The highest BCUT2D eigenvalue weighted by Gasteiger charge is 2.24. The highest BCUT2D eigenvalue weighted by molar-refractivity contribution is 7.16. The Hall–Kier alpha value is -3.07. The first-order chi connectivity index (χ1) is 13.5. The molecule has 0 aliphatic heterocycles. The average Bonchev–Trinajstić information content (AvgIpc) is 3.29. The molecule has 2 aromatic heterocycles. The van der Waals surface area contributed by atoms with E-state index in [9.17, 15) is 9.59 Å². The molecule has 0 bridgehead atoms. The van der Waals surface area contributed by atoms with Crippen LogP contribution < -0.4 is 5.32 Å². The quantitative estimate of drug-likeness (QED) is 0.638. The molecule has 0 aliphatic carbocycles. The van der Waals surface area contributed by atoms with E-state index >= 15 is 0 Å². The fourth-order valence-electron chi connectivity index (χ4n) is 3.01. The maximum absolute atomic E-state index is 12.8. The van der Waals surface area contributed by atoms with E-state index in [2.05, 4.69) is 20.8 Å². The molecule has 0 saturated heterocycles. The average molecular weight is 399 g/mol. The third-order valence-electron chi connectivity index (χ3n) is 4.32. The number of anilines is 1. The number of amides is 1. The number of nitrogens with zero attached hydrogens (tertiary/aromatic N) is 4. The monoisotopic (exact) mass is 399 g/mol. The van der Waals surface area contributed by atoms with E-state index in [1.807, 2.05) is 20.8 Å². The minimum atomic E-state index is -0.413. The first-order valence-electron chi connectivity index (χ1n) is 8.91. The third-order valence-corrected chi connectivity index (χ3v) is 5.39. The number of aryl methyl sites for hydroxylation is 2. The van der Waals surface area contributed by atoms with Gasteiger partial charge in [-0.05, 0) is 66.9 Å². The third kappa shape index (κ3) is 3.79. The van der Waals surface area contributed by atoms with E-state index in [-0.39, 0.29) is 12.5 Å². The van der Waals surface area contributed by atoms with Crippen molar-refractivity contribution in [1.82, 2.24) is 20.2 Å². The molecule has 0 radical (unpaired) electrons. The van der Waals surface area contributed by atoms with Crippen LogP contribution in [0, 0.1) is 13.8 Å². The van der Waals surface area contributed by atoms with Gasteiger partial charge in [-0.25, -0.2) is 9.48 Å². The Bertz CT molecular complexity index is 1010. The van der Waals surface area contributed by atoms with Crippen LogP contribution in [0.4, 0.5) is 5.00 Å². The fraction of sp³-hybridized carbons (Fsp3) is 0.316. The summed E-state index contributed by atoms with van der Waals surface area (Å²) in [4.78, 5) is 26.2. The number of benzene rings is 1. The number of hydrogen-bond donors (Lipinski definition) is 1. The zero-order valence-corrected chi connectivity index (χ0v) is 17.0. The molecule has 146 valence electrons. The number of carbonyl (C=O) groups excluding carboxylic acids is 2. The second-order valence-corrected chi connectivity index (χ2v) is 7.35. The minimum Gasteiger partial charge on any atom is -0.462 e. The summed E-state index contributed by atoms with van der Waals surface area (Å²) in [5.74, 6) is -0.704. The van der Waals surface area contributed by atoms with E-state index < -0.39 is 5.97 Å². The van der Waals surface area contributed by atoms with Gasteiger partial charge in [0, 0.05) is 10.4 Å². The van der Waals surface area contributed by atoms with Crippen molar-refractivity contribution in [2.75, 3.05) is 11.9 Å². The Morgan fingerprint density at radius 2 is 2.04 bits per heavy atom. The Balaban J connectivity index is 1.89. The van der Waals surface area contributed by atoms with E-state index in [1.165, 1.54) is 22.3 Å². The Kier molecular flexibility index (Phi) is 5.84. The first-order valence-corrected chi connectivity index (χ1v) is 9.72. The van der Waals surface area contributed by atoms with E-state index in [0.29, 0.717) is 22.5 Å². The Morgan fingerprint density at radius 1 is 1.25 bits per heavy atom. The standard InChI is InChI=1S/C19H21N5O3S/c1-5-14-12(4)28-18(16(14)19(26)27-6-2)21-17(25)13-7-8-15(11(3)9-13)24-10-20-22-23-24/h7-10H,5-6H2,1-4H3,(H,21,25). The molecule has 0 atom stereocenters. The van der Waals surface area contributed by atoms with Crippen molar-refractivity contribution in [3.63, 3.8) is 0 Å². The SMILES string of the molecule is CCOC(=O)c1c(NC(=O)c2ccc(-n3cnnn3)c(C)c2)sc(C)c1CC. The molecule has 28 heavy (non-hydrogen) atoms. The largest absolute Gasteiger partial charge is 0.462 e. The van der Waals surface area contributed by atoms with Crippen molar-refractivity contribution in [1.29, 1.82) is 0 Å². The van der Waals surface area contributed by atoms with E-state index in [4.69, 9.17) is 4.74 Å². The summed E-state index contributed by atoms with van der Waals surface area (Å²) in [7, 11) is 0. The van der Waals surface area contributed by atoms with Gasteiger partial charge in [0.1, 0.15) is 11.3 Å². The summed E-state index contributed by atoms with van der Waals surface area (Å²) in [6, 6.07) is 5.24. The highest BCUT2D eigenvalue weighted by Crippen LogP contribution is 2.34. The number of carbonyl (C=O) groups is 2. The molecule has 1 aromatic carbocycles. The molecular formula is C19H21N5O3S. The van der Waals surface area contributed by atoms with Crippen molar-refractivity contribution >= 4 is 28.2 Å². The lowest BCUT2D eigenvalue weighted by Gasteiger charge is -2.10. The van der Waals surface area contributed by atoms with E-state index in [0.717, 1.165) is 21.7 Å². The zero-order chi connectivity index (χ0) is 20.3. The Labute approximate surface area is 166 Å². The molecule has 1 N–H and O–H groups in total. The molecule has 2 heterocycles. The Morgan fingerprint density at radius 3 is 2.64 bits per heavy atom. The summed E-state index contributed by atoms with van der Waals surface area (Å²) < 4.78 is 6.72. The molecule has 0 fully saturated rings. The van der Waals surface area contributed by atoms with Crippen molar-refractivity contribution in [3.05, 3.63) is 51.7 Å². The topological polar surface area (TPSA) is 99.0 Å². The van der Waals surface area contributed by atoms with Crippen LogP contribution in [0.15, 0.2) is 24.5 Å². The number of tetrazole rings is 1. The second-order valence-electron chi connectivity index (χ2n) is 6.12. The number of rotatable bonds is 6. The van der Waals surface area contributed by atoms with Crippen molar-refractivity contribution in [2.45, 2.75) is 34.1 Å². The highest BCUT2D eigenvalue weighted by atomic mass is 32.1. The van der Waals surface area contributed by atoms with Gasteiger partial charge in [-0.15, -0.1) is 16.4 Å². The summed E-state index contributed by atoms with van der Waals surface area (Å²) in [6.45, 7) is 7.83. The maximum atomic E-state index is 12.8. The molecule has 1 amide bonds. The molecule has 0 unspecified atom stereocenters. The summed E-state index contributed by atoms with van der Waals surface area (Å²) in [5, 5.41) is 14.5. The first kappa shape index (κ1) is 19.7. The predicted octanol–water partition coefficient (Wildman–Crippen LogP) is 3.33. The van der Waals surface area contributed by atoms with Crippen LogP contribution in [0.3, 0.4) is 0 Å². The second kappa shape index (κ2) is 8.30. The molecule has 8 nitrogen and oxygen atoms in total. The van der Waals surface area contributed by atoms with Crippen LogP contribution in [-0.2, 0) is 11.2 Å². The van der Waals surface area contributed by atoms with Gasteiger partial charge in [-0.3, -0.25) is 4.79 Å². The van der Waals surface area contributed by atoms with Crippen LogP contribution in [-0.4, -0.2) is 38.7 Å². The van der Waals surface area contributed by atoms with Gasteiger partial charge >= 0.3 is 5.97 Å². The van der Waals surface area contributed by atoms with Crippen LogP contribution in [0.2, 0.25) is 0 Å². The van der Waals surface area contributed by atoms with Gasteiger partial charge in [-0.2, -0.15) is 0 Å². The van der Waals surface area contributed by atoms with Crippen molar-refractivity contribution in [3.8, 4) is 5.69 Å². The number of esters is 1. The van der Waals surface area contributed by atoms with Gasteiger partial charge in [0.15, 0.2) is 0 Å². The fourth-order valence-corrected chi connectivity index (χ4v) is 4.14. The number of hydrogen-bond acceptors (Lipinski definition) is 7. The lowest BCUT2D eigenvalue weighted by molar-refractivity contribution is 0.0527. The van der Waals surface area contributed by atoms with Crippen LogP contribution in [0.25, 0.3) is 5.69 Å². The lowest BCUT2D eigenvalue weighted by atomic mass is 10.1. The summed E-state index contributed by atoms with van der Waals surface area (Å²) >= 11 is 1.38. The molecule has 3 aromatic rings. The van der Waals surface area contributed by atoms with Gasteiger partial charge < -0.3 is 10.1 Å². The number of thiophene rings is 1. The molecule has 0 saturated carbocycles. The van der Waals surface area contributed by atoms with Crippen molar-refractivity contribution in [2.24, 2.45) is 0 Å². The van der Waals surface area contributed by atoms with Crippen molar-refractivity contribution < 1.29 is 14.3 Å². The number of nitrogens with one attached hydrogen (secondary N) is 1.